The molecule has 0 heterocycles. The van der Waals surface area contributed by atoms with Crippen LogP contribution < -0.4 is 0 Å². The molecule has 0 amide bonds. The van der Waals surface area contributed by atoms with Crippen LogP contribution in [0, 0.1) is 0 Å². The minimum absolute atomic E-state index is 0. The second-order valence-electron chi connectivity index (χ2n) is 0.271. The van der Waals surface area contributed by atoms with Crippen LogP contribution in [0.3, 0.4) is 0 Å². The van der Waals surface area contributed by atoms with Gasteiger partial charge in [-0.1, -0.05) is 0 Å². The molecule has 6 heteroatoms. The van der Waals surface area contributed by atoms with Gasteiger partial charge in [0.25, 0.3) is 0 Å². The molecule has 0 aliphatic carbocycles. The van der Waals surface area contributed by atoms with Crippen LogP contribution in [0.25, 0.3) is 0 Å². The number of halogens is 4. The van der Waals surface area contributed by atoms with Crippen molar-refractivity contribution in [3.8, 4) is 0 Å². The van der Waals surface area contributed by atoms with E-state index in [1.165, 1.54) is 0 Å². The summed E-state index contributed by atoms with van der Waals surface area (Å²) in [7, 11) is 20.0. The van der Waals surface area contributed by atoms with Crippen LogP contribution in [-0.2, 0) is 32.3 Å². The first kappa shape index (κ1) is 11.3. The Morgan fingerprint density at radius 3 is 0.833 bits per heavy atom. The van der Waals surface area contributed by atoms with Gasteiger partial charge in [-0.05, 0) is 0 Å². The van der Waals surface area contributed by atoms with Crippen molar-refractivity contribution in [3.05, 3.63) is 0 Å². The van der Waals surface area contributed by atoms with Gasteiger partial charge in [0.15, 0.2) is 0 Å². The Balaban J connectivity index is 0. The van der Waals surface area contributed by atoms with E-state index in [1.54, 1.807) is 0 Å². The predicted molar refractivity (Wildman–Crippen MR) is 23.4 cm³/mol. The molecule has 0 saturated carbocycles. The molecule has 0 rings (SSSR count). The van der Waals surface area contributed by atoms with Crippen molar-refractivity contribution in [3.63, 3.8) is 0 Å². The molecule has 0 spiro atoms. The van der Waals surface area contributed by atoms with Gasteiger partial charge in [0.2, 0.25) is 0 Å². The quantitative estimate of drug-likeness (QED) is 0.506. The first-order valence-electron chi connectivity index (χ1n) is 0.478. The summed E-state index contributed by atoms with van der Waals surface area (Å²) in [6.07, 6.45) is 0. The fourth-order valence-electron chi connectivity index (χ4n) is 0. The van der Waals surface area contributed by atoms with Crippen LogP contribution in [0.5, 0.6) is 0 Å². The van der Waals surface area contributed by atoms with Crippen molar-refractivity contribution in [2.45, 2.75) is 0 Å². The minimum atomic E-state index is -3.06. The topological polar surface area (TPSA) is 0 Å². The summed E-state index contributed by atoms with van der Waals surface area (Å²) in [5, 5.41) is 0. The molecule has 0 bridgehead atoms. The van der Waals surface area contributed by atoms with Crippen molar-refractivity contribution in [2.75, 3.05) is 0 Å². The molecule has 0 aliphatic heterocycles. The maximum Gasteiger partial charge on any atom is 0 e. The van der Waals surface area contributed by atoms with E-state index in [-0.39, 0.29) is 20.4 Å². The van der Waals surface area contributed by atoms with Gasteiger partial charge in [-0.3, -0.25) is 0 Å². The van der Waals surface area contributed by atoms with Crippen molar-refractivity contribution in [1.29, 1.82) is 0 Å². The zero-order valence-electron chi connectivity index (χ0n) is 2.14. The summed E-state index contributed by atoms with van der Waals surface area (Å²) in [4.78, 5) is 0. The Labute approximate surface area is 69.0 Å². The first-order valence-corrected chi connectivity index (χ1v) is 11.7. The zero-order chi connectivity index (χ0) is 4.50. The number of rotatable bonds is 0. The second kappa shape index (κ2) is 4.40. The van der Waals surface area contributed by atoms with Gasteiger partial charge in [0, 0.05) is 20.4 Å². The van der Waals surface area contributed by atoms with E-state index < -0.39 is 11.9 Å². The third-order valence-electron chi connectivity index (χ3n) is 0. The standard InChI is InChI=1S/4ClH.Pd.Pt/h4*1H;;/q;;;;;+4/p-4. The van der Waals surface area contributed by atoms with Gasteiger partial charge in [-0.15, -0.1) is 0 Å². The van der Waals surface area contributed by atoms with Crippen molar-refractivity contribution < 1.29 is 32.3 Å². The van der Waals surface area contributed by atoms with E-state index in [0.717, 1.165) is 0 Å². The molecular weight excluding hydrogens is 443 g/mol. The summed E-state index contributed by atoms with van der Waals surface area (Å²) in [5.74, 6) is 0. The molecule has 0 fully saturated rings. The molecule has 0 nitrogen and oxygen atoms in total. The second-order valence-corrected chi connectivity index (χ2v) is 20.0. The summed E-state index contributed by atoms with van der Waals surface area (Å²) in [6.45, 7) is 0. The molecule has 0 N–H and O–H groups in total. The average molecular weight is 443 g/mol. The third-order valence-corrected chi connectivity index (χ3v) is 0. The van der Waals surface area contributed by atoms with Gasteiger partial charge in [-0.2, -0.15) is 0 Å². The summed E-state index contributed by atoms with van der Waals surface area (Å²) < 4.78 is 0. The Bertz CT molecular complexity index is 23.0. The Morgan fingerprint density at radius 1 is 0.833 bits per heavy atom. The summed E-state index contributed by atoms with van der Waals surface area (Å²) in [5.41, 5.74) is 0. The predicted octanol–water partition coefficient (Wildman–Crippen LogP) is 2.75. The molecule has 0 aromatic carbocycles. The molecule has 0 atom stereocenters. The van der Waals surface area contributed by atoms with Crippen molar-refractivity contribution in [2.24, 2.45) is 0 Å². The van der Waals surface area contributed by atoms with Gasteiger partial charge in [0.1, 0.15) is 0 Å². The normalized spacial score (nSPS) is 12.7. The van der Waals surface area contributed by atoms with E-state index in [9.17, 15) is 0 Å². The van der Waals surface area contributed by atoms with E-state index in [0.29, 0.717) is 0 Å². The van der Waals surface area contributed by atoms with E-state index >= 15 is 0 Å². The maximum absolute atomic E-state index is 5.01. The van der Waals surface area contributed by atoms with Crippen molar-refractivity contribution >= 4 is 37.7 Å². The zero-order valence-corrected chi connectivity index (χ0v) is 8.99. The monoisotopic (exact) mass is 441 g/mol. The molecule has 0 aliphatic rings. The molecule has 0 radical (unpaired) electrons. The van der Waals surface area contributed by atoms with Crippen LogP contribution in [-0.4, -0.2) is 0 Å². The Kier molecular flexibility index (Phi) is 8.30. The molecule has 48 valence electrons. The average Bonchev–Trinajstić information content (AvgIpc) is 0.722. The van der Waals surface area contributed by atoms with Gasteiger partial charge in [0.05, 0.1) is 0 Å². The van der Waals surface area contributed by atoms with Gasteiger partial charge in [-0.25, -0.2) is 0 Å². The first-order chi connectivity index (χ1) is 2.00. The van der Waals surface area contributed by atoms with Crippen LogP contribution >= 0.6 is 37.7 Å². The van der Waals surface area contributed by atoms with Crippen LogP contribution in [0.4, 0.5) is 0 Å². The van der Waals surface area contributed by atoms with Crippen LogP contribution in [0.2, 0.25) is 0 Å². The smallest absolute Gasteiger partial charge is 0 e. The fraction of sp³-hybridized carbons (Fsp3) is 0. The summed E-state index contributed by atoms with van der Waals surface area (Å²) >= 11 is -3.06. The molecule has 6 heavy (non-hydrogen) atoms. The number of hydrogen-bond acceptors (Lipinski definition) is 0. The summed E-state index contributed by atoms with van der Waals surface area (Å²) in [6, 6.07) is 0. The van der Waals surface area contributed by atoms with E-state index in [2.05, 4.69) is 0 Å². The number of hydrogen-bond donors (Lipinski definition) is 0. The molecule has 0 aromatic rings. The van der Waals surface area contributed by atoms with E-state index in [1.807, 2.05) is 0 Å². The van der Waals surface area contributed by atoms with Gasteiger partial charge >= 0.3 is 49.6 Å². The fourth-order valence-corrected chi connectivity index (χ4v) is 0. The Hall–Kier alpha value is 2.51. The van der Waals surface area contributed by atoms with E-state index in [4.69, 9.17) is 37.7 Å². The SMILES string of the molecule is [Cl][Pt]([Cl])([Cl])[Cl].[Pd]. The maximum atomic E-state index is 5.01. The molecule has 0 aromatic heterocycles. The van der Waals surface area contributed by atoms with Gasteiger partial charge < -0.3 is 0 Å². The molecular formula is Cl4PdPt. The largest absolute Gasteiger partial charge is 0 e. The van der Waals surface area contributed by atoms with Crippen molar-refractivity contribution in [1.82, 2.24) is 0 Å². The Morgan fingerprint density at radius 2 is 0.833 bits per heavy atom. The van der Waals surface area contributed by atoms with Crippen LogP contribution in [0.15, 0.2) is 0 Å². The minimum Gasteiger partial charge on any atom is 0 e. The van der Waals surface area contributed by atoms with Crippen LogP contribution in [0.1, 0.15) is 0 Å². The molecule has 0 saturated heterocycles. The molecule has 0 unspecified atom stereocenters. The third kappa shape index (κ3) is 31.4.